The molecule has 0 fully saturated rings. The standard InChI is InChI=1S/C15H18N2O3/c1-15(2,3)17(19)9-11-10-7-5-6-8-12(10)16-13(11)14(18)20-4/h5-9,19H,1-4H3/p+1. The third-order valence-electron chi connectivity index (χ3n) is 3.07. The minimum atomic E-state index is -0.467. The summed E-state index contributed by atoms with van der Waals surface area (Å²) in [5.74, 6) is -0.463. The molecule has 106 valence electrons. The Balaban J connectivity index is 2.69. The topological polar surface area (TPSA) is 65.3 Å². The molecule has 5 heteroatoms. The Morgan fingerprint density at radius 2 is 2.00 bits per heavy atom. The molecule has 0 aliphatic carbocycles. The minimum Gasteiger partial charge on any atom is -0.464 e. The fraction of sp³-hybridized carbons (Fsp3) is 0.333. The van der Waals surface area contributed by atoms with Gasteiger partial charge in [-0.15, -0.1) is 0 Å². The van der Waals surface area contributed by atoms with Crippen LogP contribution in [0.3, 0.4) is 0 Å². The minimum absolute atomic E-state index is 0.331. The largest absolute Gasteiger partial charge is 0.464 e. The van der Waals surface area contributed by atoms with Gasteiger partial charge < -0.3 is 9.72 Å². The van der Waals surface area contributed by atoms with Gasteiger partial charge in [-0.3, -0.25) is 5.21 Å². The molecule has 1 aromatic carbocycles. The molecule has 2 rings (SSSR count). The Morgan fingerprint density at radius 3 is 2.60 bits per heavy atom. The summed E-state index contributed by atoms with van der Waals surface area (Å²) in [6.45, 7) is 5.61. The van der Waals surface area contributed by atoms with Crippen LogP contribution in [0.1, 0.15) is 36.8 Å². The van der Waals surface area contributed by atoms with Crippen LogP contribution < -0.4 is 0 Å². The molecule has 0 radical (unpaired) electrons. The van der Waals surface area contributed by atoms with Gasteiger partial charge in [0.2, 0.25) is 11.8 Å². The van der Waals surface area contributed by atoms with Crippen molar-refractivity contribution >= 4 is 23.1 Å². The summed E-state index contributed by atoms with van der Waals surface area (Å²) in [4.78, 5) is 14.9. The molecule has 1 aromatic heterocycles. The molecule has 0 aliphatic heterocycles. The maximum Gasteiger partial charge on any atom is 0.355 e. The Hall–Kier alpha value is -2.30. The van der Waals surface area contributed by atoms with Crippen molar-refractivity contribution in [1.29, 1.82) is 0 Å². The number of ether oxygens (including phenoxy) is 1. The van der Waals surface area contributed by atoms with Crippen LogP contribution >= 0.6 is 0 Å². The summed E-state index contributed by atoms with van der Waals surface area (Å²) in [6, 6.07) is 7.52. The molecule has 0 amide bonds. The molecule has 0 saturated heterocycles. The van der Waals surface area contributed by atoms with E-state index in [-0.39, 0.29) is 0 Å². The average Bonchev–Trinajstić information content (AvgIpc) is 2.76. The van der Waals surface area contributed by atoms with Gasteiger partial charge in [0, 0.05) is 31.7 Å². The van der Waals surface area contributed by atoms with E-state index in [2.05, 4.69) is 4.98 Å². The van der Waals surface area contributed by atoms with Gasteiger partial charge in [-0.2, -0.15) is 0 Å². The molecule has 2 N–H and O–H groups in total. The molecule has 1 heterocycles. The van der Waals surface area contributed by atoms with Crippen molar-refractivity contribution in [3.8, 4) is 0 Å². The summed E-state index contributed by atoms with van der Waals surface area (Å²) in [6.07, 6.45) is 1.55. The van der Waals surface area contributed by atoms with Crippen LogP contribution in [0.25, 0.3) is 10.9 Å². The lowest BCUT2D eigenvalue weighted by molar-refractivity contribution is -0.816. The first-order chi connectivity index (χ1) is 9.34. The van der Waals surface area contributed by atoms with Crippen molar-refractivity contribution in [1.82, 2.24) is 4.98 Å². The zero-order valence-electron chi connectivity index (χ0n) is 12.1. The summed E-state index contributed by atoms with van der Waals surface area (Å²) >= 11 is 0. The molecule has 20 heavy (non-hydrogen) atoms. The van der Waals surface area contributed by atoms with Crippen LogP contribution in [0.4, 0.5) is 0 Å². The van der Waals surface area contributed by atoms with Crippen molar-refractivity contribution in [2.24, 2.45) is 0 Å². The normalized spacial score (nSPS) is 12.7. The molecule has 5 nitrogen and oxygen atoms in total. The van der Waals surface area contributed by atoms with Gasteiger partial charge in [0.1, 0.15) is 5.69 Å². The van der Waals surface area contributed by atoms with Gasteiger partial charge in [0.15, 0.2) is 0 Å². The van der Waals surface area contributed by atoms with Crippen molar-refractivity contribution in [3.63, 3.8) is 0 Å². The van der Waals surface area contributed by atoms with E-state index in [0.29, 0.717) is 11.3 Å². The summed E-state index contributed by atoms with van der Waals surface area (Å²) in [5, 5.41) is 11.0. The van der Waals surface area contributed by atoms with E-state index >= 15 is 0 Å². The Kier molecular flexibility index (Phi) is 3.53. The number of esters is 1. The lowest BCUT2D eigenvalue weighted by atomic mass is 10.1. The molecule has 0 aliphatic rings. The SMILES string of the molecule is COC(=O)c1[nH]c2ccccc2c1/C=[N+](\O)C(C)(C)C. The lowest BCUT2D eigenvalue weighted by Gasteiger charge is -2.09. The van der Waals surface area contributed by atoms with Crippen LogP contribution in [-0.4, -0.2) is 39.8 Å². The summed E-state index contributed by atoms with van der Waals surface area (Å²) in [7, 11) is 1.33. The van der Waals surface area contributed by atoms with Crippen LogP contribution in [0.2, 0.25) is 0 Å². The number of carbonyl (C=O) groups is 1. The molecule has 0 spiro atoms. The smallest absolute Gasteiger partial charge is 0.355 e. The van der Waals surface area contributed by atoms with Gasteiger partial charge in [0.05, 0.1) is 12.7 Å². The predicted octanol–water partition coefficient (Wildman–Crippen LogP) is 2.57. The number of methoxy groups -OCH3 is 1. The highest BCUT2D eigenvalue weighted by atomic mass is 16.5. The van der Waals surface area contributed by atoms with Gasteiger partial charge in [-0.05, 0) is 10.8 Å². The quantitative estimate of drug-likeness (QED) is 0.291. The van der Waals surface area contributed by atoms with Crippen LogP contribution in [-0.2, 0) is 4.74 Å². The number of rotatable bonds is 2. The first-order valence-electron chi connectivity index (χ1n) is 6.36. The highest BCUT2D eigenvalue weighted by Gasteiger charge is 2.27. The monoisotopic (exact) mass is 275 g/mol. The average molecular weight is 275 g/mol. The molecule has 2 aromatic rings. The fourth-order valence-corrected chi connectivity index (χ4v) is 1.88. The van der Waals surface area contributed by atoms with Gasteiger partial charge >= 0.3 is 5.97 Å². The Bertz CT molecular complexity index is 678. The number of nitrogens with one attached hydrogen (secondary N) is 1. The number of hydroxylamine groups is 1. The van der Waals surface area contributed by atoms with E-state index in [0.717, 1.165) is 15.6 Å². The maximum absolute atomic E-state index is 11.9. The molecule has 0 atom stereocenters. The van der Waals surface area contributed by atoms with E-state index in [1.54, 1.807) is 6.21 Å². The molecule has 0 bridgehead atoms. The zero-order chi connectivity index (χ0) is 14.9. The van der Waals surface area contributed by atoms with Crippen LogP contribution in [0.15, 0.2) is 24.3 Å². The number of aromatic amines is 1. The van der Waals surface area contributed by atoms with Crippen LogP contribution in [0, 0.1) is 0 Å². The Labute approximate surface area is 117 Å². The van der Waals surface area contributed by atoms with E-state index in [4.69, 9.17) is 4.74 Å². The zero-order valence-corrected chi connectivity index (χ0v) is 12.1. The first kappa shape index (κ1) is 14.1. The number of hydrogen-bond acceptors (Lipinski definition) is 3. The van der Waals surface area contributed by atoms with E-state index in [1.165, 1.54) is 7.11 Å². The highest BCUT2D eigenvalue weighted by molar-refractivity contribution is 6.08. The molecular formula is C15H19N2O3+. The van der Waals surface area contributed by atoms with Crippen molar-refractivity contribution in [2.75, 3.05) is 7.11 Å². The van der Waals surface area contributed by atoms with Crippen molar-refractivity contribution < 1.29 is 19.5 Å². The van der Waals surface area contributed by atoms with Gasteiger partial charge in [0.25, 0.3) is 0 Å². The third-order valence-corrected chi connectivity index (χ3v) is 3.07. The lowest BCUT2D eigenvalue weighted by Crippen LogP contribution is -2.31. The number of aromatic nitrogens is 1. The number of benzene rings is 1. The third kappa shape index (κ3) is 2.52. The fourth-order valence-electron chi connectivity index (χ4n) is 1.88. The van der Waals surface area contributed by atoms with Gasteiger partial charge in [-0.1, -0.05) is 18.2 Å². The summed E-state index contributed by atoms with van der Waals surface area (Å²) < 4.78 is 5.88. The number of carbonyl (C=O) groups excluding carboxylic acids is 1. The molecule has 0 unspecified atom stereocenters. The first-order valence-corrected chi connectivity index (χ1v) is 6.36. The van der Waals surface area contributed by atoms with Crippen LogP contribution in [0.5, 0.6) is 0 Å². The van der Waals surface area contributed by atoms with E-state index in [1.807, 2.05) is 45.0 Å². The second-order valence-electron chi connectivity index (χ2n) is 5.60. The maximum atomic E-state index is 11.9. The second-order valence-corrected chi connectivity index (χ2v) is 5.60. The summed E-state index contributed by atoms with van der Waals surface area (Å²) in [5.41, 5.74) is 1.30. The van der Waals surface area contributed by atoms with Crippen molar-refractivity contribution in [2.45, 2.75) is 26.3 Å². The number of nitrogens with zero attached hydrogens (tertiary/aromatic N) is 1. The number of hydrogen-bond donors (Lipinski definition) is 2. The van der Waals surface area contributed by atoms with Crippen molar-refractivity contribution in [3.05, 3.63) is 35.5 Å². The van der Waals surface area contributed by atoms with E-state index in [9.17, 15) is 10.0 Å². The molecule has 0 saturated carbocycles. The number of fused-ring (bicyclic) bond motifs is 1. The van der Waals surface area contributed by atoms with E-state index < -0.39 is 11.5 Å². The number of para-hydroxylation sites is 1. The highest BCUT2D eigenvalue weighted by Crippen LogP contribution is 2.22. The number of H-pyrrole nitrogens is 1. The predicted molar refractivity (Wildman–Crippen MR) is 76.6 cm³/mol. The molecular weight excluding hydrogens is 256 g/mol. The Morgan fingerprint density at radius 1 is 1.35 bits per heavy atom. The second kappa shape index (κ2) is 5.00. The van der Waals surface area contributed by atoms with Gasteiger partial charge in [-0.25, -0.2) is 4.79 Å².